The number of hydrogen-bond donors (Lipinski definition) is 0. The predicted octanol–water partition coefficient (Wildman–Crippen LogP) is 1.57. The van der Waals surface area contributed by atoms with Crippen LogP contribution in [0.1, 0.15) is 10.4 Å². The third-order valence-corrected chi connectivity index (χ3v) is 1.86. The van der Waals surface area contributed by atoms with Gasteiger partial charge in [-0.05, 0) is 11.4 Å². The van der Waals surface area contributed by atoms with Gasteiger partial charge < -0.3 is 4.74 Å². The average Bonchev–Trinajstić information content (AvgIpc) is 2.33. The molecule has 0 aliphatic rings. The molecule has 0 bridgehead atoms. The van der Waals surface area contributed by atoms with Crippen molar-refractivity contribution in [3.63, 3.8) is 0 Å². The molecule has 0 atom stereocenters. The molecule has 0 spiro atoms. The Balaban J connectivity index is 2.98. The van der Waals surface area contributed by atoms with Gasteiger partial charge in [0.1, 0.15) is 0 Å². The molecule has 1 aromatic rings. The fraction of sp³-hybridized carbons (Fsp3) is 0.167. The number of carbonyl (C=O) groups excluding carboxylic acids is 1. The first-order valence-corrected chi connectivity index (χ1v) is 3.33. The topological polar surface area (TPSA) is 26.3 Å². The monoisotopic (exact) mass is 142 g/mol. The number of thiophene rings is 1. The van der Waals surface area contributed by atoms with Crippen LogP contribution in [0.25, 0.3) is 0 Å². The van der Waals surface area contributed by atoms with Gasteiger partial charge in [-0.1, -0.05) is 0 Å². The van der Waals surface area contributed by atoms with Crippen molar-refractivity contribution in [1.82, 2.24) is 0 Å². The van der Waals surface area contributed by atoms with Crippen molar-refractivity contribution in [3.05, 3.63) is 17.0 Å². The summed E-state index contributed by atoms with van der Waals surface area (Å²) in [4.78, 5) is 10.2. The number of methoxy groups -OCH3 is 1. The van der Waals surface area contributed by atoms with Gasteiger partial charge in [0, 0.05) is 0 Å². The van der Waals surface area contributed by atoms with Crippen LogP contribution in [0.4, 0.5) is 0 Å². The van der Waals surface area contributed by atoms with Gasteiger partial charge in [0.15, 0.2) is 11.3 Å². The molecule has 0 aromatic carbocycles. The minimum Gasteiger partial charge on any atom is -0.487 e. The number of ether oxygens (including phenoxy) is 1. The minimum atomic E-state index is 0.627. The molecule has 2 nitrogen and oxygen atoms in total. The Morgan fingerprint density at radius 2 is 2.56 bits per heavy atom. The Morgan fingerprint density at radius 3 is 3.00 bits per heavy atom. The van der Waals surface area contributed by atoms with E-state index in [9.17, 15) is 4.79 Å². The van der Waals surface area contributed by atoms with Crippen LogP contribution < -0.4 is 4.74 Å². The molecular formula is C6H6O2S. The molecule has 0 fully saturated rings. The van der Waals surface area contributed by atoms with E-state index >= 15 is 0 Å². The fourth-order valence-corrected chi connectivity index (χ4v) is 1.25. The Hall–Kier alpha value is -0.830. The van der Waals surface area contributed by atoms with Gasteiger partial charge >= 0.3 is 0 Å². The van der Waals surface area contributed by atoms with Gasteiger partial charge in [-0.25, -0.2) is 0 Å². The molecule has 48 valence electrons. The van der Waals surface area contributed by atoms with Gasteiger partial charge in [-0.3, -0.25) is 4.79 Å². The van der Waals surface area contributed by atoms with Gasteiger partial charge in [-0.15, -0.1) is 11.3 Å². The second kappa shape index (κ2) is 2.64. The molecule has 1 rings (SSSR count). The molecule has 0 unspecified atom stereocenters. The maximum atomic E-state index is 10.2. The summed E-state index contributed by atoms with van der Waals surface area (Å²) in [5.41, 5.74) is 0.627. The summed E-state index contributed by atoms with van der Waals surface area (Å²) in [6.07, 6.45) is 0.787. The first kappa shape index (κ1) is 6.29. The van der Waals surface area contributed by atoms with Crippen LogP contribution in [0, 0.1) is 0 Å². The molecule has 0 radical (unpaired) electrons. The standard InChI is InChI=1S/C6H6O2S/c1-8-6-5(4-7)2-3-9-6/h2-4H,1H3. The molecule has 3 heteroatoms. The normalized spacial score (nSPS) is 9.00. The van der Waals surface area contributed by atoms with Crippen molar-refractivity contribution >= 4 is 17.6 Å². The molecule has 1 heterocycles. The number of aldehydes is 1. The molecule has 0 saturated carbocycles. The van der Waals surface area contributed by atoms with E-state index in [-0.39, 0.29) is 0 Å². The average molecular weight is 142 g/mol. The van der Waals surface area contributed by atoms with Crippen LogP contribution in [-0.2, 0) is 0 Å². The first-order valence-electron chi connectivity index (χ1n) is 2.45. The largest absolute Gasteiger partial charge is 0.487 e. The van der Waals surface area contributed by atoms with E-state index in [1.807, 2.05) is 5.38 Å². The highest BCUT2D eigenvalue weighted by Crippen LogP contribution is 2.22. The lowest BCUT2D eigenvalue weighted by molar-refractivity contribution is 0.112. The van der Waals surface area contributed by atoms with Crippen LogP contribution >= 0.6 is 11.3 Å². The van der Waals surface area contributed by atoms with E-state index in [1.165, 1.54) is 11.3 Å². The maximum Gasteiger partial charge on any atom is 0.184 e. The van der Waals surface area contributed by atoms with Crippen molar-refractivity contribution < 1.29 is 9.53 Å². The molecular weight excluding hydrogens is 136 g/mol. The summed E-state index contributed by atoms with van der Waals surface area (Å²) in [5, 5.41) is 2.51. The van der Waals surface area contributed by atoms with E-state index in [2.05, 4.69) is 0 Å². The minimum absolute atomic E-state index is 0.627. The second-order valence-electron chi connectivity index (χ2n) is 1.49. The van der Waals surface area contributed by atoms with E-state index in [0.29, 0.717) is 10.6 Å². The Kier molecular flexibility index (Phi) is 1.85. The number of hydrogen-bond acceptors (Lipinski definition) is 3. The van der Waals surface area contributed by atoms with Gasteiger partial charge in [0.2, 0.25) is 0 Å². The van der Waals surface area contributed by atoms with Crippen molar-refractivity contribution in [1.29, 1.82) is 0 Å². The zero-order valence-corrected chi connectivity index (χ0v) is 5.77. The molecule has 0 aliphatic carbocycles. The van der Waals surface area contributed by atoms with Crippen LogP contribution in [-0.4, -0.2) is 13.4 Å². The highest BCUT2D eigenvalue weighted by molar-refractivity contribution is 7.12. The van der Waals surface area contributed by atoms with Crippen molar-refractivity contribution in [2.75, 3.05) is 7.11 Å². The Labute approximate surface area is 57.1 Å². The van der Waals surface area contributed by atoms with Crippen LogP contribution in [0.15, 0.2) is 11.4 Å². The SMILES string of the molecule is COc1sccc1C=O. The molecule has 0 aliphatic heterocycles. The number of carbonyl (C=O) groups is 1. The molecule has 0 amide bonds. The fourth-order valence-electron chi connectivity index (χ4n) is 0.559. The maximum absolute atomic E-state index is 10.2. The van der Waals surface area contributed by atoms with Gasteiger partial charge in [0.05, 0.1) is 12.7 Å². The quantitative estimate of drug-likeness (QED) is 0.586. The predicted molar refractivity (Wildman–Crippen MR) is 36.3 cm³/mol. The van der Waals surface area contributed by atoms with E-state index in [4.69, 9.17) is 4.74 Å². The summed E-state index contributed by atoms with van der Waals surface area (Å²) < 4.78 is 4.86. The molecule has 1 aromatic heterocycles. The molecule has 9 heavy (non-hydrogen) atoms. The smallest absolute Gasteiger partial charge is 0.184 e. The second-order valence-corrected chi connectivity index (χ2v) is 2.36. The third kappa shape index (κ3) is 1.10. The van der Waals surface area contributed by atoms with E-state index in [1.54, 1.807) is 13.2 Å². The molecule has 0 N–H and O–H groups in total. The lowest BCUT2D eigenvalue weighted by Gasteiger charge is -1.91. The Morgan fingerprint density at radius 1 is 1.78 bits per heavy atom. The van der Waals surface area contributed by atoms with Crippen molar-refractivity contribution in [2.24, 2.45) is 0 Å². The summed E-state index contributed by atoms with van der Waals surface area (Å²) in [6.45, 7) is 0. The molecule has 0 saturated heterocycles. The summed E-state index contributed by atoms with van der Waals surface area (Å²) >= 11 is 1.42. The summed E-state index contributed by atoms with van der Waals surface area (Å²) in [5.74, 6) is 0. The lowest BCUT2D eigenvalue weighted by Crippen LogP contribution is -1.82. The number of rotatable bonds is 2. The first-order chi connectivity index (χ1) is 4.38. The summed E-state index contributed by atoms with van der Waals surface area (Å²) in [7, 11) is 1.55. The Bertz CT molecular complexity index is 205. The third-order valence-electron chi connectivity index (χ3n) is 0.971. The van der Waals surface area contributed by atoms with Crippen LogP contribution in [0.3, 0.4) is 0 Å². The van der Waals surface area contributed by atoms with Gasteiger partial charge in [-0.2, -0.15) is 0 Å². The van der Waals surface area contributed by atoms with Crippen LogP contribution in [0.5, 0.6) is 5.06 Å². The van der Waals surface area contributed by atoms with Crippen molar-refractivity contribution in [3.8, 4) is 5.06 Å². The van der Waals surface area contributed by atoms with Crippen molar-refractivity contribution in [2.45, 2.75) is 0 Å². The lowest BCUT2D eigenvalue weighted by atomic mass is 10.4. The highest BCUT2D eigenvalue weighted by atomic mass is 32.1. The summed E-state index contributed by atoms with van der Waals surface area (Å²) in [6, 6.07) is 1.73. The van der Waals surface area contributed by atoms with E-state index in [0.717, 1.165) is 6.29 Å². The van der Waals surface area contributed by atoms with Crippen LogP contribution in [0.2, 0.25) is 0 Å². The zero-order valence-electron chi connectivity index (χ0n) is 4.96. The van der Waals surface area contributed by atoms with E-state index < -0.39 is 0 Å². The highest BCUT2D eigenvalue weighted by Gasteiger charge is 1.99. The zero-order chi connectivity index (χ0) is 6.69. The van der Waals surface area contributed by atoms with Gasteiger partial charge in [0.25, 0.3) is 0 Å².